The molecule has 0 saturated carbocycles. The minimum Gasteiger partial charge on any atom is -0.272 e. The van der Waals surface area contributed by atoms with Gasteiger partial charge in [-0.2, -0.15) is 23.4 Å². The van der Waals surface area contributed by atoms with E-state index in [-0.39, 0.29) is 0 Å². The number of benzene rings is 1. The number of hydrogen-bond acceptors (Lipinski definition) is 3. The first-order chi connectivity index (χ1) is 12.5. The second kappa shape index (κ2) is 5.98. The molecule has 0 amide bonds. The molecule has 0 saturated heterocycles. The highest BCUT2D eigenvalue weighted by Gasteiger charge is 2.30. The summed E-state index contributed by atoms with van der Waals surface area (Å²) in [6.45, 7) is 2.71. The maximum atomic E-state index is 12.9. The first-order valence-corrected chi connectivity index (χ1v) is 8.00. The number of nitrogens with zero attached hydrogens (tertiary/aromatic N) is 5. The van der Waals surface area contributed by atoms with Gasteiger partial charge in [-0.3, -0.25) is 4.68 Å². The maximum absolute atomic E-state index is 12.9. The summed E-state index contributed by atoms with van der Waals surface area (Å²) in [5.41, 5.74) is 2.95. The molecule has 4 rings (SSSR count). The molecule has 8 heteroatoms. The van der Waals surface area contributed by atoms with Crippen LogP contribution in [0.4, 0.5) is 13.2 Å². The second-order valence-electron chi connectivity index (χ2n) is 5.79. The van der Waals surface area contributed by atoms with Gasteiger partial charge in [-0.1, -0.05) is 12.1 Å². The molecular weight excluding hydrogens is 343 g/mol. The van der Waals surface area contributed by atoms with Crippen molar-refractivity contribution in [3.05, 3.63) is 60.8 Å². The van der Waals surface area contributed by atoms with Crippen molar-refractivity contribution < 1.29 is 13.2 Å². The van der Waals surface area contributed by atoms with Crippen molar-refractivity contribution >= 4 is 5.65 Å². The largest absolute Gasteiger partial charge is 0.416 e. The molecule has 26 heavy (non-hydrogen) atoms. The highest BCUT2D eigenvalue weighted by atomic mass is 19.4. The molecule has 132 valence electrons. The molecule has 0 fully saturated rings. The van der Waals surface area contributed by atoms with Crippen molar-refractivity contribution in [2.75, 3.05) is 0 Å². The summed E-state index contributed by atoms with van der Waals surface area (Å²) < 4.78 is 42.0. The Hall–Kier alpha value is -3.16. The number of aromatic nitrogens is 5. The van der Waals surface area contributed by atoms with Gasteiger partial charge in [-0.15, -0.1) is 0 Å². The zero-order valence-electron chi connectivity index (χ0n) is 13.8. The molecule has 0 atom stereocenters. The van der Waals surface area contributed by atoms with Gasteiger partial charge in [-0.05, 0) is 36.2 Å². The van der Waals surface area contributed by atoms with Crippen LogP contribution in [0.2, 0.25) is 0 Å². The van der Waals surface area contributed by atoms with Gasteiger partial charge in [0.25, 0.3) is 0 Å². The van der Waals surface area contributed by atoms with E-state index in [1.807, 2.05) is 19.2 Å². The van der Waals surface area contributed by atoms with Crippen LogP contribution in [0.25, 0.3) is 27.9 Å². The molecule has 0 spiro atoms. The van der Waals surface area contributed by atoms with E-state index < -0.39 is 11.7 Å². The van der Waals surface area contributed by atoms with Crippen LogP contribution in [0.1, 0.15) is 12.5 Å². The molecule has 0 aliphatic heterocycles. The van der Waals surface area contributed by atoms with E-state index >= 15 is 0 Å². The SMILES string of the molecule is CCn1cc(-c2ccn3ncnc3c2-c2ccc(C(F)(F)F)cc2)cn1. The van der Waals surface area contributed by atoms with Gasteiger partial charge in [0.1, 0.15) is 6.33 Å². The highest BCUT2D eigenvalue weighted by Crippen LogP contribution is 2.36. The van der Waals surface area contributed by atoms with Gasteiger partial charge in [0.05, 0.1) is 11.8 Å². The Morgan fingerprint density at radius 1 is 1.00 bits per heavy atom. The Bertz CT molecular complexity index is 1060. The third kappa shape index (κ3) is 2.73. The third-order valence-corrected chi connectivity index (χ3v) is 4.22. The van der Waals surface area contributed by atoms with Crippen LogP contribution in [0, 0.1) is 0 Å². The van der Waals surface area contributed by atoms with Crippen LogP contribution < -0.4 is 0 Å². The molecule has 0 unspecified atom stereocenters. The topological polar surface area (TPSA) is 48.0 Å². The lowest BCUT2D eigenvalue weighted by molar-refractivity contribution is -0.137. The Labute approximate surface area is 146 Å². The van der Waals surface area contributed by atoms with Gasteiger partial charge >= 0.3 is 6.18 Å². The molecule has 0 aliphatic rings. The molecule has 3 aromatic heterocycles. The van der Waals surface area contributed by atoms with Gasteiger partial charge in [0, 0.05) is 30.1 Å². The predicted octanol–water partition coefficient (Wildman–Crippen LogP) is 4.30. The minimum absolute atomic E-state index is 0.575. The average Bonchev–Trinajstić information content (AvgIpc) is 3.29. The Morgan fingerprint density at radius 2 is 1.77 bits per heavy atom. The number of pyridine rings is 1. The lowest BCUT2D eigenvalue weighted by atomic mass is 9.97. The summed E-state index contributed by atoms with van der Waals surface area (Å²) in [6.07, 6.45) is 2.45. The summed E-state index contributed by atoms with van der Waals surface area (Å²) in [6, 6.07) is 6.94. The molecule has 4 aromatic rings. The van der Waals surface area contributed by atoms with Crippen molar-refractivity contribution in [1.29, 1.82) is 0 Å². The molecule has 3 heterocycles. The fourth-order valence-electron chi connectivity index (χ4n) is 2.91. The van der Waals surface area contributed by atoms with Gasteiger partial charge in [0.2, 0.25) is 0 Å². The predicted molar refractivity (Wildman–Crippen MR) is 90.3 cm³/mol. The van der Waals surface area contributed by atoms with Crippen LogP contribution >= 0.6 is 0 Å². The summed E-state index contributed by atoms with van der Waals surface area (Å²) in [5.74, 6) is 0. The molecular formula is C18H14F3N5. The number of fused-ring (bicyclic) bond motifs is 1. The molecule has 0 N–H and O–H groups in total. The highest BCUT2D eigenvalue weighted by molar-refractivity contribution is 5.91. The summed E-state index contributed by atoms with van der Waals surface area (Å²) >= 11 is 0. The third-order valence-electron chi connectivity index (χ3n) is 4.22. The zero-order valence-corrected chi connectivity index (χ0v) is 13.8. The van der Waals surface area contributed by atoms with E-state index in [4.69, 9.17) is 0 Å². The second-order valence-corrected chi connectivity index (χ2v) is 5.79. The van der Waals surface area contributed by atoms with Gasteiger partial charge < -0.3 is 0 Å². The average molecular weight is 357 g/mol. The molecule has 0 bridgehead atoms. The minimum atomic E-state index is -4.37. The van der Waals surface area contributed by atoms with E-state index in [2.05, 4.69) is 15.2 Å². The molecule has 1 aromatic carbocycles. The molecule has 0 aliphatic carbocycles. The van der Waals surface area contributed by atoms with E-state index in [1.54, 1.807) is 21.6 Å². The van der Waals surface area contributed by atoms with Crippen LogP contribution in [0.15, 0.2) is 55.2 Å². The summed E-state index contributed by atoms with van der Waals surface area (Å²) in [5, 5.41) is 8.41. The maximum Gasteiger partial charge on any atom is 0.416 e. The Balaban J connectivity index is 1.92. The smallest absolute Gasteiger partial charge is 0.272 e. The first-order valence-electron chi connectivity index (χ1n) is 8.00. The fraction of sp³-hybridized carbons (Fsp3) is 0.167. The van der Waals surface area contributed by atoms with E-state index in [9.17, 15) is 13.2 Å². The van der Waals surface area contributed by atoms with E-state index in [0.717, 1.165) is 35.4 Å². The van der Waals surface area contributed by atoms with Crippen molar-refractivity contribution in [2.24, 2.45) is 0 Å². The number of aryl methyl sites for hydroxylation is 1. The standard InChI is InChI=1S/C18H14F3N5/c1-2-25-10-13(9-23-25)15-7-8-26-17(22-11-24-26)16(15)12-3-5-14(6-4-12)18(19,20)21/h3-11H,2H2,1H3. The Kier molecular flexibility index (Phi) is 3.75. The van der Waals surface area contributed by atoms with Gasteiger partial charge in [0.15, 0.2) is 5.65 Å². The first kappa shape index (κ1) is 16.3. The lowest BCUT2D eigenvalue weighted by Gasteiger charge is -2.11. The molecule has 0 radical (unpaired) electrons. The summed E-state index contributed by atoms with van der Waals surface area (Å²) in [4.78, 5) is 4.28. The summed E-state index contributed by atoms with van der Waals surface area (Å²) in [7, 11) is 0. The van der Waals surface area contributed by atoms with Gasteiger partial charge in [-0.25, -0.2) is 9.50 Å². The fourth-order valence-corrected chi connectivity index (χ4v) is 2.91. The Morgan fingerprint density at radius 3 is 2.42 bits per heavy atom. The normalized spacial score (nSPS) is 12.0. The van der Waals surface area contributed by atoms with E-state index in [1.165, 1.54) is 18.5 Å². The molecule has 5 nitrogen and oxygen atoms in total. The van der Waals surface area contributed by atoms with Crippen molar-refractivity contribution in [3.8, 4) is 22.3 Å². The van der Waals surface area contributed by atoms with Crippen molar-refractivity contribution in [1.82, 2.24) is 24.4 Å². The van der Waals surface area contributed by atoms with Crippen molar-refractivity contribution in [3.63, 3.8) is 0 Å². The van der Waals surface area contributed by atoms with Crippen molar-refractivity contribution in [2.45, 2.75) is 19.6 Å². The zero-order chi connectivity index (χ0) is 18.3. The monoisotopic (exact) mass is 357 g/mol. The lowest BCUT2D eigenvalue weighted by Crippen LogP contribution is -2.04. The number of hydrogen-bond donors (Lipinski definition) is 0. The number of alkyl halides is 3. The van der Waals surface area contributed by atoms with Crippen LogP contribution in [0.3, 0.4) is 0 Å². The quantitative estimate of drug-likeness (QED) is 0.549. The van der Waals surface area contributed by atoms with E-state index in [0.29, 0.717) is 11.2 Å². The number of rotatable bonds is 3. The number of halogens is 3. The van der Waals surface area contributed by atoms with Crippen LogP contribution in [-0.2, 0) is 12.7 Å². The van der Waals surface area contributed by atoms with Crippen LogP contribution in [-0.4, -0.2) is 24.4 Å². The van der Waals surface area contributed by atoms with Crippen LogP contribution in [0.5, 0.6) is 0 Å².